The molecule has 0 radical (unpaired) electrons. The van der Waals surface area contributed by atoms with E-state index in [1.807, 2.05) is 13.8 Å². The molecule has 0 unspecified atom stereocenters. The molecule has 0 saturated carbocycles. The number of unbranched alkanes of at least 4 members (excludes halogenated alkanes) is 3. The van der Waals surface area contributed by atoms with Crippen molar-refractivity contribution in [2.75, 3.05) is 26.4 Å². The van der Waals surface area contributed by atoms with Crippen LogP contribution in [0.15, 0.2) is 0 Å². The molecular formula is C17H30O6. The van der Waals surface area contributed by atoms with Gasteiger partial charge in [0.2, 0.25) is 0 Å². The number of ether oxygens (including phenoxy) is 4. The van der Waals surface area contributed by atoms with Crippen molar-refractivity contribution in [3.63, 3.8) is 0 Å². The third-order valence-electron chi connectivity index (χ3n) is 4.48. The van der Waals surface area contributed by atoms with Crippen LogP contribution in [0.5, 0.6) is 0 Å². The number of carbonyl (C=O) groups excluding carboxylic acids is 1. The van der Waals surface area contributed by atoms with Crippen LogP contribution >= 0.6 is 0 Å². The molecule has 0 aromatic rings. The van der Waals surface area contributed by atoms with Crippen LogP contribution in [0.1, 0.15) is 52.4 Å². The standard InChI is InChI=1S/C17H30O6/c1-13(2)23-16(19)8-6-4-3-5-7-14-15(11-18)20-12-17(14)21-9-10-22-17/h13-15,18H,3-12H2,1-2H3/t14-,15-/m1/s1. The number of carbonyl (C=O) groups is 1. The largest absolute Gasteiger partial charge is 0.463 e. The lowest BCUT2D eigenvalue weighted by molar-refractivity contribution is -0.181. The second-order valence-corrected chi connectivity index (χ2v) is 6.64. The van der Waals surface area contributed by atoms with Gasteiger partial charge < -0.3 is 24.1 Å². The highest BCUT2D eigenvalue weighted by molar-refractivity contribution is 5.69. The predicted molar refractivity (Wildman–Crippen MR) is 83.9 cm³/mol. The van der Waals surface area contributed by atoms with Crippen molar-refractivity contribution in [3.05, 3.63) is 0 Å². The van der Waals surface area contributed by atoms with Gasteiger partial charge in [-0.2, -0.15) is 0 Å². The summed E-state index contributed by atoms with van der Waals surface area (Å²) >= 11 is 0. The molecule has 0 aromatic heterocycles. The lowest BCUT2D eigenvalue weighted by atomic mass is 9.90. The van der Waals surface area contributed by atoms with Crippen molar-refractivity contribution < 1.29 is 28.8 Å². The molecule has 0 aromatic carbocycles. The molecule has 6 heteroatoms. The maximum atomic E-state index is 11.4. The van der Waals surface area contributed by atoms with E-state index in [9.17, 15) is 9.90 Å². The Labute approximate surface area is 138 Å². The first-order chi connectivity index (χ1) is 11.1. The van der Waals surface area contributed by atoms with E-state index in [0.29, 0.717) is 26.2 Å². The highest BCUT2D eigenvalue weighted by Crippen LogP contribution is 2.40. The van der Waals surface area contributed by atoms with Gasteiger partial charge >= 0.3 is 5.97 Å². The zero-order valence-corrected chi connectivity index (χ0v) is 14.3. The van der Waals surface area contributed by atoms with Crippen LogP contribution in [-0.4, -0.2) is 55.5 Å². The van der Waals surface area contributed by atoms with Gasteiger partial charge in [-0.1, -0.05) is 19.3 Å². The number of esters is 1. The molecule has 2 atom stereocenters. The third-order valence-corrected chi connectivity index (χ3v) is 4.48. The van der Waals surface area contributed by atoms with Gasteiger partial charge in [0.05, 0.1) is 32.0 Å². The van der Waals surface area contributed by atoms with Crippen molar-refractivity contribution in [1.29, 1.82) is 0 Å². The van der Waals surface area contributed by atoms with Gasteiger partial charge in [0, 0.05) is 12.3 Å². The van der Waals surface area contributed by atoms with E-state index in [-0.39, 0.29) is 30.7 Å². The molecule has 2 rings (SSSR count). The molecule has 1 spiro atoms. The number of hydrogen-bond acceptors (Lipinski definition) is 6. The third kappa shape index (κ3) is 5.14. The summed E-state index contributed by atoms with van der Waals surface area (Å²) in [5.41, 5.74) is 0. The minimum absolute atomic E-state index is 0.000178. The van der Waals surface area contributed by atoms with Gasteiger partial charge in [-0.3, -0.25) is 4.79 Å². The number of aliphatic hydroxyl groups excluding tert-OH is 1. The van der Waals surface area contributed by atoms with Gasteiger partial charge in [0.25, 0.3) is 0 Å². The summed E-state index contributed by atoms with van der Waals surface area (Å²) in [6.45, 7) is 5.32. The lowest BCUT2D eigenvalue weighted by Crippen LogP contribution is -2.41. The normalized spacial score (nSPS) is 26.3. The lowest BCUT2D eigenvalue weighted by Gasteiger charge is -2.29. The van der Waals surface area contributed by atoms with Crippen LogP contribution < -0.4 is 0 Å². The SMILES string of the molecule is CC(C)OC(=O)CCCCCC[C@@H]1[C@@H](CO)OCC12OCCO2. The van der Waals surface area contributed by atoms with Crippen LogP contribution in [0.25, 0.3) is 0 Å². The first kappa shape index (κ1) is 18.6. The minimum Gasteiger partial charge on any atom is -0.463 e. The van der Waals surface area contributed by atoms with Crippen LogP contribution in [0.4, 0.5) is 0 Å². The fraction of sp³-hybridized carbons (Fsp3) is 0.941. The molecule has 2 fully saturated rings. The summed E-state index contributed by atoms with van der Waals surface area (Å²) in [6, 6.07) is 0. The Morgan fingerprint density at radius 1 is 1.22 bits per heavy atom. The van der Waals surface area contributed by atoms with E-state index >= 15 is 0 Å². The summed E-state index contributed by atoms with van der Waals surface area (Å²) in [5, 5.41) is 9.47. The van der Waals surface area contributed by atoms with Crippen LogP contribution in [0.2, 0.25) is 0 Å². The predicted octanol–water partition coefficient (Wildman–Crippen LogP) is 2.03. The van der Waals surface area contributed by atoms with Crippen molar-refractivity contribution in [1.82, 2.24) is 0 Å². The second-order valence-electron chi connectivity index (χ2n) is 6.64. The van der Waals surface area contributed by atoms with Gasteiger partial charge in [0.15, 0.2) is 5.79 Å². The molecule has 2 saturated heterocycles. The molecule has 0 amide bonds. The van der Waals surface area contributed by atoms with Crippen LogP contribution in [-0.2, 0) is 23.7 Å². The van der Waals surface area contributed by atoms with Gasteiger partial charge in [-0.05, 0) is 26.7 Å². The second kappa shape index (κ2) is 8.97. The number of aliphatic hydroxyl groups is 1. The fourth-order valence-corrected chi connectivity index (χ4v) is 3.39. The van der Waals surface area contributed by atoms with E-state index in [1.165, 1.54) is 0 Å². The summed E-state index contributed by atoms with van der Waals surface area (Å²) in [6.07, 6.45) is 5.06. The van der Waals surface area contributed by atoms with E-state index in [0.717, 1.165) is 32.1 Å². The molecule has 1 N–H and O–H groups in total. The molecule has 0 bridgehead atoms. The molecule has 2 aliphatic heterocycles. The first-order valence-corrected chi connectivity index (χ1v) is 8.77. The highest BCUT2D eigenvalue weighted by Gasteiger charge is 2.53. The van der Waals surface area contributed by atoms with Gasteiger partial charge in [0.1, 0.15) is 6.61 Å². The Kier molecular flexibility index (Phi) is 7.27. The zero-order chi connectivity index (χ0) is 16.7. The summed E-state index contributed by atoms with van der Waals surface area (Å²) in [7, 11) is 0. The van der Waals surface area contributed by atoms with Crippen LogP contribution in [0.3, 0.4) is 0 Å². The molecular weight excluding hydrogens is 300 g/mol. The van der Waals surface area contributed by atoms with Crippen molar-refractivity contribution in [3.8, 4) is 0 Å². The maximum Gasteiger partial charge on any atom is 0.306 e. The van der Waals surface area contributed by atoms with Crippen molar-refractivity contribution in [2.24, 2.45) is 5.92 Å². The summed E-state index contributed by atoms with van der Waals surface area (Å²) in [4.78, 5) is 11.4. The summed E-state index contributed by atoms with van der Waals surface area (Å²) in [5.74, 6) is -0.675. The van der Waals surface area contributed by atoms with Gasteiger partial charge in [-0.25, -0.2) is 0 Å². The molecule has 0 aliphatic carbocycles. The molecule has 6 nitrogen and oxygen atoms in total. The molecule has 2 heterocycles. The Morgan fingerprint density at radius 3 is 2.57 bits per heavy atom. The fourth-order valence-electron chi connectivity index (χ4n) is 3.39. The van der Waals surface area contributed by atoms with Crippen molar-refractivity contribution >= 4 is 5.97 Å². The van der Waals surface area contributed by atoms with E-state index in [1.54, 1.807) is 0 Å². The summed E-state index contributed by atoms with van der Waals surface area (Å²) < 4.78 is 22.3. The first-order valence-electron chi connectivity index (χ1n) is 8.77. The Morgan fingerprint density at radius 2 is 1.91 bits per heavy atom. The maximum absolute atomic E-state index is 11.4. The number of hydrogen-bond donors (Lipinski definition) is 1. The monoisotopic (exact) mass is 330 g/mol. The minimum atomic E-state index is -0.644. The Balaban J connectivity index is 1.63. The Hall–Kier alpha value is -0.690. The Bertz CT molecular complexity index is 364. The number of rotatable bonds is 9. The smallest absolute Gasteiger partial charge is 0.306 e. The van der Waals surface area contributed by atoms with E-state index in [2.05, 4.69) is 0 Å². The molecule has 134 valence electrons. The average Bonchev–Trinajstić information content (AvgIpc) is 3.10. The van der Waals surface area contributed by atoms with E-state index in [4.69, 9.17) is 18.9 Å². The average molecular weight is 330 g/mol. The van der Waals surface area contributed by atoms with E-state index < -0.39 is 5.79 Å². The van der Waals surface area contributed by atoms with Crippen LogP contribution in [0, 0.1) is 5.92 Å². The topological polar surface area (TPSA) is 74.2 Å². The molecule has 2 aliphatic rings. The quantitative estimate of drug-likeness (QED) is 0.515. The molecule has 23 heavy (non-hydrogen) atoms. The van der Waals surface area contributed by atoms with Gasteiger partial charge in [-0.15, -0.1) is 0 Å². The highest BCUT2D eigenvalue weighted by atomic mass is 16.8. The van der Waals surface area contributed by atoms with Crippen molar-refractivity contribution in [2.45, 2.75) is 70.4 Å². The zero-order valence-electron chi connectivity index (χ0n) is 14.3.